The standard InChI is InChI=1S/C13H21Cl2N3O/c1-3-6-16-12-10(14)9-11(15)13(18-12)17-7-4-5-8-19-2/h9H,3-8H2,1-2H3,(H2,16,17,18). The Morgan fingerprint density at radius 3 is 2.32 bits per heavy atom. The van der Waals surface area contributed by atoms with Gasteiger partial charge in [0.25, 0.3) is 0 Å². The highest BCUT2D eigenvalue weighted by molar-refractivity contribution is 6.37. The summed E-state index contributed by atoms with van der Waals surface area (Å²) in [5.74, 6) is 1.34. The molecular weight excluding hydrogens is 285 g/mol. The molecule has 0 unspecified atom stereocenters. The van der Waals surface area contributed by atoms with Crippen molar-refractivity contribution in [2.24, 2.45) is 0 Å². The monoisotopic (exact) mass is 305 g/mol. The zero-order valence-electron chi connectivity index (χ0n) is 11.4. The van der Waals surface area contributed by atoms with Gasteiger partial charge in [-0.1, -0.05) is 30.1 Å². The lowest BCUT2D eigenvalue weighted by Gasteiger charge is -2.12. The molecule has 1 aromatic rings. The van der Waals surface area contributed by atoms with Crippen molar-refractivity contribution >= 4 is 34.8 Å². The maximum absolute atomic E-state index is 6.11. The van der Waals surface area contributed by atoms with E-state index in [1.807, 2.05) is 0 Å². The number of hydrogen-bond acceptors (Lipinski definition) is 4. The second kappa shape index (κ2) is 9.23. The summed E-state index contributed by atoms with van der Waals surface area (Å²) in [6.07, 6.45) is 3.03. The molecule has 0 saturated heterocycles. The fourth-order valence-corrected chi connectivity index (χ4v) is 2.03. The lowest BCUT2D eigenvalue weighted by molar-refractivity contribution is 0.194. The van der Waals surface area contributed by atoms with Crippen LogP contribution in [0.1, 0.15) is 26.2 Å². The van der Waals surface area contributed by atoms with Crippen LogP contribution in [0.2, 0.25) is 10.0 Å². The second-order valence-corrected chi connectivity index (χ2v) is 5.02. The Morgan fingerprint density at radius 1 is 1.11 bits per heavy atom. The molecule has 1 aromatic heterocycles. The Bertz CT molecular complexity index is 388. The molecule has 19 heavy (non-hydrogen) atoms. The fraction of sp³-hybridized carbons (Fsp3) is 0.615. The van der Waals surface area contributed by atoms with Crippen molar-refractivity contribution in [1.29, 1.82) is 0 Å². The highest BCUT2D eigenvalue weighted by atomic mass is 35.5. The number of nitrogens with zero attached hydrogens (tertiary/aromatic N) is 1. The van der Waals surface area contributed by atoms with Crippen molar-refractivity contribution in [2.45, 2.75) is 26.2 Å². The quantitative estimate of drug-likeness (QED) is 0.676. The molecule has 0 atom stereocenters. The van der Waals surface area contributed by atoms with Crippen LogP contribution in [0.4, 0.5) is 11.6 Å². The predicted octanol–water partition coefficient (Wildman–Crippen LogP) is 4.05. The second-order valence-electron chi connectivity index (χ2n) is 4.20. The van der Waals surface area contributed by atoms with Crippen LogP contribution in [0.5, 0.6) is 0 Å². The first-order chi connectivity index (χ1) is 9.19. The van der Waals surface area contributed by atoms with Crippen molar-refractivity contribution in [1.82, 2.24) is 4.98 Å². The number of nitrogens with one attached hydrogen (secondary N) is 2. The first kappa shape index (κ1) is 16.3. The molecule has 0 aliphatic carbocycles. The zero-order valence-corrected chi connectivity index (χ0v) is 12.9. The van der Waals surface area contributed by atoms with Gasteiger partial charge in [-0.15, -0.1) is 0 Å². The van der Waals surface area contributed by atoms with E-state index >= 15 is 0 Å². The lowest BCUT2D eigenvalue weighted by Crippen LogP contribution is -2.08. The molecule has 0 aliphatic rings. The van der Waals surface area contributed by atoms with E-state index in [-0.39, 0.29) is 0 Å². The number of rotatable bonds is 9. The molecule has 0 bridgehead atoms. The zero-order chi connectivity index (χ0) is 14.1. The van der Waals surface area contributed by atoms with Crippen LogP contribution >= 0.6 is 23.2 Å². The molecule has 1 rings (SSSR count). The Morgan fingerprint density at radius 2 is 1.74 bits per heavy atom. The lowest BCUT2D eigenvalue weighted by atomic mass is 10.3. The minimum atomic E-state index is 0.541. The SMILES string of the molecule is CCCNc1nc(NCCCCOC)c(Cl)cc1Cl. The Labute approximate surface area is 124 Å². The van der Waals surface area contributed by atoms with Crippen LogP contribution < -0.4 is 10.6 Å². The first-order valence-corrected chi connectivity index (χ1v) is 7.27. The van der Waals surface area contributed by atoms with Crippen molar-refractivity contribution in [3.05, 3.63) is 16.1 Å². The van der Waals surface area contributed by atoms with E-state index < -0.39 is 0 Å². The molecule has 0 radical (unpaired) electrons. The minimum Gasteiger partial charge on any atom is -0.385 e. The summed E-state index contributed by atoms with van der Waals surface area (Å²) in [5, 5.41) is 7.48. The molecule has 0 fully saturated rings. The van der Waals surface area contributed by atoms with Gasteiger partial charge < -0.3 is 15.4 Å². The van der Waals surface area contributed by atoms with Gasteiger partial charge >= 0.3 is 0 Å². The van der Waals surface area contributed by atoms with Gasteiger partial charge in [-0.05, 0) is 25.3 Å². The van der Waals surface area contributed by atoms with E-state index in [0.717, 1.165) is 39.0 Å². The molecule has 1 heterocycles. The fourth-order valence-electron chi connectivity index (χ4n) is 1.54. The van der Waals surface area contributed by atoms with Gasteiger partial charge in [0.15, 0.2) is 0 Å². The average Bonchev–Trinajstić information content (AvgIpc) is 2.39. The van der Waals surface area contributed by atoms with E-state index in [2.05, 4.69) is 22.5 Å². The number of anilines is 2. The third-order valence-electron chi connectivity index (χ3n) is 2.54. The van der Waals surface area contributed by atoms with Crippen LogP contribution in [0.15, 0.2) is 6.07 Å². The molecule has 6 heteroatoms. The molecule has 4 nitrogen and oxygen atoms in total. The smallest absolute Gasteiger partial charge is 0.147 e. The van der Waals surface area contributed by atoms with Gasteiger partial charge in [0, 0.05) is 26.8 Å². The minimum absolute atomic E-state index is 0.541. The number of aromatic nitrogens is 1. The van der Waals surface area contributed by atoms with Crippen LogP contribution in [-0.4, -0.2) is 31.8 Å². The van der Waals surface area contributed by atoms with Crippen molar-refractivity contribution in [3.63, 3.8) is 0 Å². The highest BCUT2D eigenvalue weighted by Gasteiger charge is 2.08. The maximum atomic E-state index is 6.11. The number of hydrogen-bond donors (Lipinski definition) is 2. The van der Waals surface area contributed by atoms with Crippen molar-refractivity contribution in [3.8, 4) is 0 Å². The number of halogens is 2. The predicted molar refractivity (Wildman–Crippen MR) is 82.6 cm³/mol. The van der Waals surface area contributed by atoms with Crippen LogP contribution in [0.25, 0.3) is 0 Å². The summed E-state index contributed by atoms with van der Waals surface area (Å²) in [4.78, 5) is 4.41. The van der Waals surface area contributed by atoms with Gasteiger partial charge in [-0.25, -0.2) is 4.98 Å². The van der Waals surface area contributed by atoms with Crippen molar-refractivity contribution in [2.75, 3.05) is 37.4 Å². The molecule has 108 valence electrons. The first-order valence-electron chi connectivity index (χ1n) is 6.51. The summed E-state index contributed by atoms with van der Waals surface area (Å²) >= 11 is 12.2. The van der Waals surface area contributed by atoms with E-state index in [1.165, 1.54) is 0 Å². The molecule has 0 saturated carbocycles. The Balaban J connectivity index is 2.56. The summed E-state index contributed by atoms with van der Waals surface area (Å²) < 4.78 is 5.00. The Kier molecular flexibility index (Phi) is 7.94. The third-order valence-corrected chi connectivity index (χ3v) is 3.12. The molecule has 0 amide bonds. The Hall–Kier alpha value is -0.710. The molecule has 2 N–H and O–H groups in total. The largest absolute Gasteiger partial charge is 0.385 e. The summed E-state index contributed by atoms with van der Waals surface area (Å²) in [6.45, 7) is 4.51. The molecule has 0 spiro atoms. The number of pyridine rings is 1. The highest BCUT2D eigenvalue weighted by Crippen LogP contribution is 2.29. The van der Waals surface area contributed by atoms with Crippen molar-refractivity contribution < 1.29 is 4.74 Å². The van der Waals surface area contributed by atoms with Gasteiger partial charge in [0.1, 0.15) is 11.6 Å². The normalized spacial score (nSPS) is 10.5. The third kappa shape index (κ3) is 5.85. The van der Waals surface area contributed by atoms with Gasteiger partial charge in [-0.2, -0.15) is 0 Å². The molecule has 0 aromatic carbocycles. The van der Waals surface area contributed by atoms with Gasteiger partial charge in [0.05, 0.1) is 10.0 Å². The summed E-state index contributed by atoms with van der Waals surface area (Å²) in [6, 6.07) is 1.71. The summed E-state index contributed by atoms with van der Waals surface area (Å²) in [7, 11) is 1.71. The van der Waals surface area contributed by atoms with E-state index in [0.29, 0.717) is 21.7 Å². The van der Waals surface area contributed by atoms with Crippen LogP contribution in [0, 0.1) is 0 Å². The van der Waals surface area contributed by atoms with E-state index in [4.69, 9.17) is 27.9 Å². The van der Waals surface area contributed by atoms with Crippen LogP contribution in [-0.2, 0) is 4.74 Å². The molecule has 0 aliphatic heterocycles. The van der Waals surface area contributed by atoms with E-state index in [1.54, 1.807) is 13.2 Å². The number of ether oxygens (including phenoxy) is 1. The van der Waals surface area contributed by atoms with E-state index in [9.17, 15) is 0 Å². The van der Waals surface area contributed by atoms with Crippen LogP contribution in [0.3, 0.4) is 0 Å². The average molecular weight is 306 g/mol. The number of methoxy groups -OCH3 is 1. The topological polar surface area (TPSA) is 46.2 Å². The van der Waals surface area contributed by atoms with Gasteiger partial charge in [-0.3, -0.25) is 0 Å². The summed E-state index contributed by atoms with van der Waals surface area (Å²) in [5.41, 5.74) is 0. The molecular formula is C13H21Cl2N3O. The maximum Gasteiger partial charge on any atom is 0.147 e. The number of unbranched alkanes of at least 4 members (excludes halogenated alkanes) is 1. The van der Waals surface area contributed by atoms with Gasteiger partial charge in [0.2, 0.25) is 0 Å².